The van der Waals surface area contributed by atoms with Crippen molar-refractivity contribution in [3.8, 4) is 0 Å². The Morgan fingerprint density at radius 3 is 2.74 bits per heavy atom. The smallest absolute Gasteiger partial charge is 0.0417 e. The van der Waals surface area contributed by atoms with Crippen molar-refractivity contribution in [2.75, 3.05) is 18.0 Å². The fourth-order valence-corrected chi connectivity index (χ4v) is 3.13. The van der Waals surface area contributed by atoms with Gasteiger partial charge in [0, 0.05) is 24.3 Å². The number of nitrogens with zero attached hydrogens (tertiary/aromatic N) is 1. The Labute approximate surface area is 118 Å². The molecule has 0 aromatic heterocycles. The predicted octanol–water partition coefficient (Wildman–Crippen LogP) is 4.13. The average molecular weight is 260 g/mol. The highest BCUT2D eigenvalue weighted by atomic mass is 15.2. The van der Waals surface area contributed by atoms with E-state index in [1.54, 1.807) is 0 Å². The van der Waals surface area contributed by atoms with Crippen LogP contribution >= 0.6 is 0 Å². The highest BCUT2D eigenvalue weighted by Crippen LogP contribution is 2.32. The third-order valence-electron chi connectivity index (χ3n) is 4.22. The van der Waals surface area contributed by atoms with Crippen LogP contribution in [-0.4, -0.2) is 19.1 Å². The first-order valence-corrected chi connectivity index (χ1v) is 7.86. The fraction of sp³-hybridized carbons (Fsp3) is 0.647. The molecule has 1 N–H and O–H groups in total. The molecule has 0 bridgehead atoms. The van der Waals surface area contributed by atoms with Crippen molar-refractivity contribution in [2.24, 2.45) is 0 Å². The van der Waals surface area contributed by atoms with Gasteiger partial charge in [0.25, 0.3) is 0 Å². The van der Waals surface area contributed by atoms with E-state index in [-0.39, 0.29) is 0 Å². The Kier molecular flexibility index (Phi) is 5.26. The summed E-state index contributed by atoms with van der Waals surface area (Å²) in [5.41, 5.74) is 2.93. The summed E-state index contributed by atoms with van der Waals surface area (Å²) in [7, 11) is 0. The highest BCUT2D eigenvalue weighted by molar-refractivity contribution is 5.56. The van der Waals surface area contributed by atoms with Crippen LogP contribution in [0.25, 0.3) is 0 Å². The second-order valence-corrected chi connectivity index (χ2v) is 5.66. The van der Waals surface area contributed by atoms with E-state index >= 15 is 0 Å². The summed E-state index contributed by atoms with van der Waals surface area (Å²) in [5.74, 6) is 0. The third kappa shape index (κ3) is 3.30. The van der Waals surface area contributed by atoms with Gasteiger partial charge >= 0.3 is 0 Å². The molecule has 1 aliphatic heterocycles. The number of hydrogen-bond acceptors (Lipinski definition) is 2. The molecular formula is C17H28N2. The summed E-state index contributed by atoms with van der Waals surface area (Å²) < 4.78 is 0. The van der Waals surface area contributed by atoms with Crippen LogP contribution in [0.5, 0.6) is 0 Å². The van der Waals surface area contributed by atoms with E-state index < -0.39 is 0 Å². The van der Waals surface area contributed by atoms with Crippen molar-refractivity contribution in [2.45, 2.75) is 58.5 Å². The second-order valence-electron chi connectivity index (χ2n) is 5.66. The van der Waals surface area contributed by atoms with E-state index in [2.05, 4.69) is 55.3 Å². The van der Waals surface area contributed by atoms with E-state index in [4.69, 9.17) is 0 Å². The van der Waals surface area contributed by atoms with Gasteiger partial charge in [0.2, 0.25) is 0 Å². The number of hydrogen-bond donors (Lipinski definition) is 1. The lowest BCUT2D eigenvalue weighted by molar-refractivity contribution is 0.517. The van der Waals surface area contributed by atoms with Crippen molar-refractivity contribution in [3.63, 3.8) is 0 Å². The number of nitrogens with one attached hydrogen (secondary N) is 1. The lowest BCUT2D eigenvalue weighted by atomic mass is 10.0. The molecular weight excluding hydrogens is 232 g/mol. The Balaban J connectivity index is 2.23. The number of benzene rings is 1. The predicted molar refractivity (Wildman–Crippen MR) is 83.8 cm³/mol. The molecule has 1 aromatic carbocycles. The Hall–Kier alpha value is -1.02. The molecule has 1 heterocycles. The van der Waals surface area contributed by atoms with Gasteiger partial charge < -0.3 is 10.2 Å². The van der Waals surface area contributed by atoms with Crippen LogP contribution in [-0.2, 0) is 0 Å². The van der Waals surface area contributed by atoms with Gasteiger partial charge in [-0.25, -0.2) is 0 Å². The van der Waals surface area contributed by atoms with Crippen molar-refractivity contribution in [3.05, 3.63) is 29.8 Å². The molecule has 1 fully saturated rings. The van der Waals surface area contributed by atoms with E-state index in [0.29, 0.717) is 12.1 Å². The standard InChI is InChI=1S/C17H28N2/c1-4-12-18-16(5-2)15-10-6-7-11-17(15)19-13-8-9-14(19)3/h6-7,10-11,14,16,18H,4-5,8-9,12-13H2,1-3H3. The SMILES string of the molecule is CCCNC(CC)c1ccccc1N1CCCC1C. The minimum Gasteiger partial charge on any atom is -0.369 e. The van der Waals surface area contributed by atoms with Crippen LogP contribution < -0.4 is 10.2 Å². The summed E-state index contributed by atoms with van der Waals surface area (Å²) in [4.78, 5) is 2.59. The molecule has 0 spiro atoms. The average Bonchev–Trinajstić information content (AvgIpc) is 2.86. The summed E-state index contributed by atoms with van der Waals surface area (Å²) in [6, 6.07) is 10.1. The maximum Gasteiger partial charge on any atom is 0.0417 e. The zero-order valence-electron chi connectivity index (χ0n) is 12.7. The summed E-state index contributed by atoms with van der Waals surface area (Å²) in [6.45, 7) is 9.17. The van der Waals surface area contributed by atoms with Crippen LogP contribution in [0.3, 0.4) is 0 Å². The largest absolute Gasteiger partial charge is 0.369 e. The molecule has 2 atom stereocenters. The van der Waals surface area contributed by atoms with Crippen molar-refractivity contribution in [1.82, 2.24) is 5.32 Å². The normalized spacial score (nSPS) is 20.8. The van der Waals surface area contributed by atoms with Gasteiger partial charge in [-0.05, 0) is 50.8 Å². The van der Waals surface area contributed by atoms with Gasteiger partial charge in [-0.15, -0.1) is 0 Å². The quantitative estimate of drug-likeness (QED) is 0.827. The Morgan fingerprint density at radius 1 is 1.32 bits per heavy atom. The number of anilines is 1. The molecule has 0 aliphatic carbocycles. The summed E-state index contributed by atoms with van der Waals surface area (Å²) in [6.07, 6.45) is 5.00. The number of rotatable bonds is 6. The molecule has 0 radical (unpaired) electrons. The first-order chi connectivity index (χ1) is 9.27. The maximum atomic E-state index is 3.69. The zero-order chi connectivity index (χ0) is 13.7. The molecule has 0 saturated carbocycles. The monoisotopic (exact) mass is 260 g/mol. The van der Waals surface area contributed by atoms with Crippen LogP contribution in [0.1, 0.15) is 58.1 Å². The van der Waals surface area contributed by atoms with E-state index in [9.17, 15) is 0 Å². The van der Waals surface area contributed by atoms with Gasteiger partial charge in [-0.2, -0.15) is 0 Å². The molecule has 1 aromatic rings. The topological polar surface area (TPSA) is 15.3 Å². The molecule has 1 aliphatic rings. The molecule has 2 heteroatoms. The zero-order valence-corrected chi connectivity index (χ0v) is 12.7. The Bertz CT molecular complexity index is 389. The van der Waals surface area contributed by atoms with Crippen LogP contribution in [0.15, 0.2) is 24.3 Å². The third-order valence-corrected chi connectivity index (χ3v) is 4.22. The number of para-hydroxylation sites is 1. The van der Waals surface area contributed by atoms with Crippen molar-refractivity contribution < 1.29 is 0 Å². The van der Waals surface area contributed by atoms with Crippen molar-refractivity contribution in [1.29, 1.82) is 0 Å². The maximum absolute atomic E-state index is 3.69. The minimum absolute atomic E-state index is 0.490. The van der Waals surface area contributed by atoms with E-state index in [1.165, 1.54) is 37.1 Å². The highest BCUT2D eigenvalue weighted by Gasteiger charge is 2.24. The Morgan fingerprint density at radius 2 is 2.11 bits per heavy atom. The molecule has 1 saturated heterocycles. The van der Waals surface area contributed by atoms with Crippen LogP contribution in [0.4, 0.5) is 5.69 Å². The first-order valence-electron chi connectivity index (χ1n) is 7.86. The van der Waals surface area contributed by atoms with Gasteiger partial charge in [-0.3, -0.25) is 0 Å². The molecule has 2 rings (SSSR count). The lowest BCUT2D eigenvalue weighted by Crippen LogP contribution is -2.30. The summed E-state index contributed by atoms with van der Waals surface area (Å²) in [5, 5.41) is 3.69. The molecule has 19 heavy (non-hydrogen) atoms. The molecule has 2 nitrogen and oxygen atoms in total. The van der Waals surface area contributed by atoms with Crippen molar-refractivity contribution >= 4 is 5.69 Å². The van der Waals surface area contributed by atoms with Crippen LogP contribution in [0, 0.1) is 0 Å². The van der Waals surface area contributed by atoms with E-state index in [0.717, 1.165) is 13.0 Å². The van der Waals surface area contributed by atoms with Gasteiger partial charge in [0.05, 0.1) is 0 Å². The molecule has 2 unspecified atom stereocenters. The minimum atomic E-state index is 0.490. The van der Waals surface area contributed by atoms with Gasteiger partial charge in [0.15, 0.2) is 0 Å². The van der Waals surface area contributed by atoms with Crippen LogP contribution in [0.2, 0.25) is 0 Å². The fourth-order valence-electron chi connectivity index (χ4n) is 3.13. The molecule has 0 amide bonds. The second kappa shape index (κ2) is 6.95. The summed E-state index contributed by atoms with van der Waals surface area (Å²) >= 11 is 0. The van der Waals surface area contributed by atoms with E-state index in [1.807, 2.05) is 0 Å². The lowest BCUT2D eigenvalue weighted by Gasteiger charge is -2.29. The molecule has 106 valence electrons. The first kappa shape index (κ1) is 14.4. The van der Waals surface area contributed by atoms with Gasteiger partial charge in [0.1, 0.15) is 0 Å². The van der Waals surface area contributed by atoms with Gasteiger partial charge in [-0.1, -0.05) is 32.0 Å².